The summed E-state index contributed by atoms with van der Waals surface area (Å²) in [7, 11) is 0. The summed E-state index contributed by atoms with van der Waals surface area (Å²) in [6.45, 7) is 3.01. The van der Waals surface area contributed by atoms with Crippen molar-refractivity contribution in [3.63, 3.8) is 0 Å². The van der Waals surface area contributed by atoms with Crippen LogP contribution in [0.15, 0.2) is 54.6 Å². The van der Waals surface area contributed by atoms with Crippen molar-refractivity contribution in [2.24, 2.45) is 0 Å². The van der Waals surface area contributed by atoms with Gasteiger partial charge in [-0.2, -0.15) is 0 Å². The van der Waals surface area contributed by atoms with Gasteiger partial charge in [-0.05, 0) is 42.0 Å². The maximum Gasteiger partial charge on any atom is 0.245 e. The predicted octanol–water partition coefficient (Wildman–Crippen LogP) is 2.57. The number of para-hydroxylation sites is 1. The van der Waals surface area contributed by atoms with E-state index in [1.54, 1.807) is 11.8 Å². The van der Waals surface area contributed by atoms with Gasteiger partial charge in [0.1, 0.15) is 22.8 Å². The smallest absolute Gasteiger partial charge is 0.245 e. The molecule has 2 N–H and O–H groups in total. The zero-order chi connectivity index (χ0) is 20.1. The molecule has 4 rings (SSSR count). The van der Waals surface area contributed by atoms with Crippen molar-refractivity contribution in [2.75, 3.05) is 31.9 Å². The molecule has 0 aliphatic carbocycles. The molecule has 2 aromatic rings. The van der Waals surface area contributed by atoms with E-state index in [1.807, 2.05) is 59.5 Å². The lowest BCUT2D eigenvalue weighted by Gasteiger charge is -2.30. The number of carbonyl (C=O) groups is 2. The second-order valence-corrected chi connectivity index (χ2v) is 8.37. The van der Waals surface area contributed by atoms with Crippen LogP contribution in [-0.2, 0) is 9.59 Å². The van der Waals surface area contributed by atoms with E-state index in [-0.39, 0.29) is 17.1 Å². The maximum absolute atomic E-state index is 12.8. The SMILES string of the molecule is O=C1N[C@H](C(=O)N2CCNCC2)CCS[C@@H]1c1ccc(Oc2ccccc2)cc1. The van der Waals surface area contributed by atoms with Gasteiger partial charge in [0, 0.05) is 26.2 Å². The van der Waals surface area contributed by atoms with E-state index in [0.29, 0.717) is 19.5 Å². The molecule has 2 amide bonds. The number of thioether (sulfide) groups is 1. The number of nitrogens with one attached hydrogen (secondary N) is 2. The van der Waals surface area contributed by atoms with E-state index < -0.39 is 6.04 Å². The van der Waals surface area contributed by atoms with Gasteiger partial charge in [-0.25, -0.2) is 0 Å². The van der Waals surface area contributed by atoms with Gasteiger partial charge in [0.05, 0.1) is 0 Å². The summed E-state index contributed by atoms with van der Waals surface area (Å²) in [6, 6.07) is 16.8. The average Bonchev–Trinajstić information content (AvgIpc) is 2.97. The lowest BCUT2D eigenvalue weighted by atomic mass is 10.1. The van der Waals surface area contributed by atoms with Gasteiger partial charge >= 0.3 is 0 Å². The molecule has 0 radical (unpaired) electrons. The van der Waals surface area contributed by atoms with Crippen molar-refractivity contribution >= 4 is 23.6 Å². The summed E-state index contributed by atoms with van der Waals surface area (Å²) in [4.78, 5) is 27.5. The van der Waals surface area contributed by atoms with Crippen molar-refractivity contribution in [1.29, 1.82) is 0 Å². The first-order chi connectivity index (χ1) is 14.2. The topological polar surface area (TPSA) is 70.7 Å². The molecule has 0 bridgehead atoms. The molecule has 2 saturated heterocycles. The van der Waals surface area contributed by atoms with Gasteiger partial charge in [0.2, 0.25) is 11.8 Å². The van der Waals surface area contributed by atoms with Crippen LogP contribution in [0.25, 0.3) is 0 Å². The van der Waals surface area contributed by atoms with E-state index in [2.05, 4.69) is 10.6 Å². The number of amides is 2. The fraction of sp³-hybridized carbons (Fsp3) is 0.364. The summed E-state index contributed by atoms with van der Waals surface area (Å²) in [5.74, 6) is 2.20. The summed E-state index contributed by atoms with van der Waals surface area (Å²) in [5, 5.41) is 5.90. The molecule has 2 fully saturated rings. The van der Waals surface area contributed by atoms with E-state index in [4.69, 9.17) is 4.74 Å². The largest absolute Gasteiger partial charge is 0.457 e. The third-order valence-corrected chi connectivity index (χ3v) is 6.43. The Kier molecular flexibility index (Phi) is 6.36. The van der Waals surface area contributed by atoms with Crippen LogP contribution >= 0.6 is 11.8 Å². The predicted molar refractivity (Wildman–Crippen MR) is 114 cm³/mol. The van der Waals surface area contributed by atoms with Gasteiger partial charge in [0.15, 0.2) is 0 Å². The molecule has 2 heterocycles. The molecule has 7 heteroatoms. The monoisotopic (exact) mass is 411 g/mol. The summed E-state index contributed by atoms with van der Waals surface area (Å²) >= 11 is 1.59. The van der Waals surface area contributed by atoms with E-state index in [1.165, 1.54) is 0 Å². The third-order valence-electron chi connectivity index (χ3n) is 5.13. The molecule has 0 saturated carbocycles. The van der Waals surface area contributed by atoms with Gasteiger partial charge in [-0.3, -0.25) is 9.59 Å². The number of hydrogen-bond donors (Lipinski definition) is 2. The van der Waals surface area contributed by atoms with Crippen LogP contribution in [0.5, 0.6) is 11.5 Å². The fourth-order valence-corrected chi connectivity index (χ4v) is 4.75. The first kappa shape index (κ1) is 19.8. The zero-order valence-corrected chi connectivity index (χ0v) is 17.0. The Morgan fingerprint density at radius 2 is 1.69 bits per heavy atom. The van der Waals surface area contributed by atoms with Crippen LogP contribution < -0.4 is 15.4 Å². The Bertz CT molecular complexity index is 838. The highest BCUT2D eigenvalue weighted by molar-refractivity contribution is 8.00. The maximum atomic E-state index is 12.8. The average molecular weight is 412 g/mol. The minimum Gasteiger partial charge on any atom is -0.457 e. The van der Waals surface area contributed by atoms with Crippen LogP contribution in [0.1, 0.15) is 17.2 Å². The fourth-order valence-electron chi connectivity index (χ4n) is 3.57. The molecule has 2 aromatic carbocycles. The number of carbonyl (C=O) groups excluding carboxylic acids is 2. The summed E-state index contributed by atoms with van der Waals surface area (Å²) in [6.07, 6.45) is 0.658. The zero-order valence-electron chi connectivity index (χ0n) is 16.2. The highest BCUT2D eigenvalue weighted by Gasteiger charge is 2.33. The van der Waals surface area contributed by atoms with Crippen molar-refractivity contribution in [2.45, 2.75) is 17.7 Å². The number of rotatable bonds is 4. The number of benzene rings is 2. The molecule has 0 aromatic heterocycles. The number of hydrogen-bond acceptors (Lipinski definition) is 5. The third kappa shape index (κ3) is 4.92. The minimum atomic E-state index is -0.432. The van der Waals surface area contributed by atoms with Crippen molar-refractivity contribution in [3.05, 3.63) is 60.2 Å². The second kappa shape index (κ2) is 9.33. The standard InChI is InChI=1S/C22H25N3O3S/c26-21-20(16-6-8-18(9-7-16)28-17-4-2-1-3-5-17)29-15-10-19(24-21)22(27)25-13-11-23-12-14-25/h1-9,19-20,23H,10-15H2,(H,24,26)/t19-,20+/m0/s1. The Balaban J connectivity index is 1.40. The van der Waals surface area contributed by atoms with Crippen LogP contribution in [0, 0.1) is 0 Å². The Morgan fingerprint density at radius 3 is 2.41 bits per heavy atom. The van der Waals surface area contributed by atoms with Crippen LogP contribution in [0.3, 0.4) is 0 Å². The number of ether oxygens (including phenoxy) is 1. The van der Waals surface area contributed by atoms with E-state index in [0.717, 1.165) is 35.9 Å². The highest BCUT2D eigenvalue weighted by Crippen LogP contribution is 2.34. The molecule has 29 heavy (non-hydrogen) atoms. The van der Waals surface area contributed by atoms with Gasteiger partial charge in [-0.1, -0.05) is 30.3 Å². The number of piperazine rings is 1. The minimum absolute atomic E-state index is 0.0349. The molecule has 152 valence electrons. The summed E-state index contributed by atoms with van der Waals surface area (Å²) < 4.78 is 5.83. The van der Waals surface area contributed by atoms with Crippen molar-refractivity contribution in [1.82, 2.24) is 15.5 Å². The lowest BCUT2D eigenvalue weighted by Crippen LogP contribution is -2.54. The van der Waals surface area contributed by atoms with Gasteiger partial charge in [-0.15, -0.1) is 11.8 Å². The Morgan fingerprint density at radius 1 is 1.00 bits per heavy atom. The molecule has 6 nitrogen and oxygen atoms in total. The first-order valence-corrected chi connectivity index (χ1v) is 11.0. The highest BCUT2D eigenvalue weighted by atomic mass is 32.2. The van der Waals surface area contributed by atoms with E-state index >= 15 is 0 Å². The summed E-state index contributed by atoms with van der Waals surface area (Å²) in [5.41, 5.74) is 0.920. The Hall–Kier alpha value is -2.51. The quantitative estimate of drug-likeness (QED) is 0.809. The van der Waals surface area contributed by atoms with Crippen molar-refractivity contribution in [3.8, 4) is 11.5 Å². The van der Waals surface area contributed by atoms with Crippen LogP contribution in [0.2, 0.25) is 0 Å². The molecule has 2 aliphatic heterocycles. The van der Waals surface area contributed by atoms with Crippen LogP contribution in [0.4, 0.5) is 0 Å². The van der Waals surface area contributed by atoms with Gasteiger partial charge in [0.25, 0.3) is 0 Å². The molecule has 2 atom stereocenters. The molecular formula is C22H25N3O3S. The molecule has 0 spiro atoms. The number of nitrogens with zero attached hydrogens (tertiary/aromatic N) is 1. The van der Waals surface area contributed by atoms with Crippen molar-refractivity contribution < 1.29 is 14.3 Å². The molecule has 0 unspecified atom stereocenters. The van der Waals surface area contributed by atoms with E-state index in [9.17, 15) is 9.59 Å². The lowest BCUT2D eigenvalue weighted by molar-refractivity contribution is -0.136. The van der Waals surface area contributed by atoms with Gasteiger partial charge < -0.3 is 20.3 Å². The van der Waals surface area contributed by atoms with Crippen LogP contribution in [-0.4, -0.2) is 54.7 Å². The first-order valence-electron chi connectivity index (χ1n) is 9.95. The Labute approximate surface area is 175 Å². The normalized spacial score (nSPS) is 22.5. The second-order valence-electron chi connectivity index (χ2n) is 7.16. The molecular weight excluding hydrogens is 386 g/mol. The molecule has 2 aliphatic rings.